The minimum absolute atomic E-state index is 0.208. The number of nitrogens with one attached hydrogen (secondary N) is 1. The summed E-state index contributed by atoms with van der Waals surface area (Å²) in [6, 6.07) is 6.74. The van der Waals surface area contributed by atoms with Crippen LogP contribution in [-0.4, -0.2) is 32.6 Å². The van der Waals surface area contributed by atoms with Crippen molar-refractivity contribution in [1.29, 1.82) is 0 Å². The zero-order chi connectivity index (χ0) is 23.3. The Bertz CT molecular complexity index is 1050. The van der Waals surface area contributed by atoms with E-state index in [0.717, 1.165) is 41.7 Å². The fraction of sp³-hybridized carbons (Fsp3) is 0.480. The molecule has 0 bridgehead atoms. The summed E-state index contributed by atoms with van der Waals surface area (Å²) in [6.45, 7) is 8.32. The molecule has 1 amide bonds. The van der Waals surface area contributed by atoms with Crippen molar-refractivity contribution < 1.29 is 19.1 Å². The average Bonchev–Trinajstić information content (AvgIpc) is 3.41. The molecule has 2 heterocycles. The van der Waals surface area contributed by atoms with Gasteiger partial charge in [0.05, 0.1) is 23.6 Å². The van der Waals surface area contributed by atoms with Gasteiger partial charge in [-0.25, -0.2) is 9.78 Å². The van der Waals surface area contributed by atoms with E-state index in [-0.39, 0.29) is 5.92 Å². The summed E-state index contributed by atoms with van der Waals surface area (Å²) >= 11 is 0. The Hall–Kier alpha value is -3.09. The number of nitrogens with zero attached hydrogens (tertiary/aromatic N) is 2. The molecule has 0 saturated heterocycles. The number of carbonyl (C=O) groups is 2. The Kier molecular flexibility index (Phi) is 7.72. The molecule has 32 heavy (non-hydrogen) atoms. The van der Waals surface area contributed by atoms with E-state index in [9.17, 15) is 14.7 Å². The summed E-state index contributed by atoms with van der Waals surface area (Å²) < 4.78 is 7.48. The molecule has 172 valence electrons. The fourth-order valence-corrected chi connectivity index (χ4v) is 4.08. The third kappa shape index (κ3) is 5.21. The first-order chi connectivity index (χ1) is 15.4. The van der Waals surface area contributed by atoms with Crippen LogP contribution in [0.4, 0.5) is 0 Å². The summed E-state index contributed by atoms with van der Waals surface area (Å²) in [4.78, 5) is 29.3. The van der Waals surface area contributed by atoms with Gasteiger partial charge >= 0.3 is 5.97 Å². The van der Waals surface area contributed by atoms with E-state index in [4.69, 9.17) is 9.40 Å². The molecule has 0 fully saturated rings. The first-order valence-corrected chi connectivity index (χ1v) is 11.4. The summed E-state index contributed by atoms with van der Waals surface area (Å²) in [7, 11) is 0. The van der Waals surface area contributed by atoms with Gasteiger partial charge in [0.15, 0.2) is 0 Å². The third-order valence-corrected chi connectivity index (χ3v) is 6.21. The average molecular weight is 440 g/mol. The van der Waals surface area contributed by atoms with E-state index < -0.39 is 17.9 Å². The third-order valence-electron chi connectivity index (χ3n) is 6.21. The summed E-state index contributed by atoms with van der Waals surface area (Å²) in [6.07, 6.45) is 7.21. The fourth-order valence-electron chi connectivity index (χ4n) is 4.08. The summed E-state index contributed by atoms with van der Waals surface area (Å²) in [5.41, 5.74) is 3.16. The van der Waals surface area contributed by atoms with Gasteiger partial charge < -0.3 is 19.4 Å². The number of furan rings is 1. The number of amides is 1. The zero-order valence-electron chi connectivity index (χ0n) is 19.3. The Morgan fingerprint density at radius 3 is 2.50 bits per heavy atom. The van der Waals surface area contributed by atoms with Gasteiger partial charge in [0.25, 0.3) is 5.91 Å². The van der Waals surface area contributed by atoms with Crippen molar-refractivity contribution in [3.05, 3.63) is 53.7 Å². The van der Waals surface area contributed by atoms with Crippen LogP contribution in [0.15, 0.2) is 41.2 Å². The molecule has 2 unspecified atom stereocenters. The van der Waals surface area contributed by atoms with Crippen LogP contribution < -0.4 is 5.32 Å². The highest BCUT2D eigenvalue weighted by Crippen LogP contribution is 2.28. The lowest BCUT2D eigenvalue weighted by molar-refractivity contribution is -0.139. The molecule has 3 rings (SSSR count). The minimum Gasteiger partial charge on any atom is -0.480 e. The van der Waals surface area contributed by atoms with Crippen LogP contribution in [0.25, 0.3) is 11.0 Å². The van der Waals surface area contributed by atoms with Crippen LogP contribution in [0, 0.1) is 5.92 Å². The predicted octanol–water partition coefficient (Wildman–Crippen LogP) is 5.20. The molecule has 2 N–H and O–H groups in total. The molecule has 0 spiro atoms. The molecular formula is C25H33N3O4. The lowest BCUT2D eigenvalue weighted by atomic mass is 9.99. The van der Waals surface area contributed by atoms with Crippen LogP contribution in [0.2, 0.25) is 0 Å². The van der Waals surface area contributed by atoms with E-state index in [1.165, 1.54) is 0 Å². The standard InChI is InChI=1S/C25H33N3O4/c1-5-16(4)12-21(25(30)31)27-24(29)18-8-9-22-20(14-18)26-23(13-17-10-11-32-15-17)28(22)19(6-2)7-3/h8-11,14-16,19,21H,5-7,12-13H2,1-4H3,(H,27,29)(H,30,31). The Morgan fingerprint density at radius 2 is 1.91 bits per heavy atom. The molecule has 1 aromatic carbocycles. The molecular weight excluding hydrogens is 406 g/mol. The van der Waals surface area contributed by atoms with Crippen LogP contribution in [0.5, 0.6) is 0 Å². The molecule has 0 aliphatic heterocycles. The van der Waals surface area contributed by atoms with Crippen LogP contribution in [0.3, 0.4) is 0 Å². The molecule has 0 saturated carbocycles. The van der Waals surface area contributed by atoms with E-state index in [1.54, 1.807) is 24.7 Å². The highest BCUT2D eigenvalue weighted by Gasteiger charge is 2.24. The van der Waals surface area contributed by atoms with Crippen molar-refractivity contribution >= 4 is 22.9 Å². The number of aromatic nitrogens is 2. The topological polar surface area (TPSA) is 97.4 Å². The van der Waals surface area contributed by atoms with Gasteiger partial charge in [-0.05, 0) is 55.0 Å². The van der Waals surface area contributed by atoms with Crippen LogP contribution in [0.1, 0.15) is 81.2 Å². The van der Waals surface area contributed by atoms with E-state index >= 15 is 0 Å². The number of fused-ring (bicyclic) bond motifs is 1. The maximum Gasteiger partial charge on any atom is 0.326 e. The smallest absolute Gasteiger partial charge is 0.326 e. The van der Waals surface area contributed by atoms with Crippen LogP contribution >= 0.6 is 0 Å². The monoisotopic (exact) mass is 439 g/mol. The molecule has 0 radical (unpaired) electrons. The van der Waals surface area contributed by atoms with Crippen molar-refractivity contribution in [2.24, 2.45) is 5.92 Å². The van der Waals surface area contributed by atoms with Gasteiger partial charge in [-0.15, -0.1) is 0 Å². The SMILES string of the molecule is CCC(C)CC(NC(=O)c1ccc2c(c1)nc(Cc1ccoc1)n2C(CC)CC)C(=O)O. The number of carboxylic acid groups (broad SMARTS) is 1. The maximum absolute atomic E-state index is 12.8. The molecule has 0 aliphatic carbocycles. The summed E-state index contributed by atoms with van der Waals surface area (Å²) in [5, 5.41) is 12.2. The number of benzene rings is 1. The van der Waals surface area contributed by atoms with Crippen molar-refractivity contribution in [3.63, 3.8) is 0 Å². The first kappa shape index (κ1) is 23.6. The number of imidazole rings is 1. The second-order valence-electron chi connectivity index (χ2n) is 8.49. The van der Waals surface area contributed by atoms with Gasteiger partial charge in [0.2, 0.25) is 0 Å². The Labute approximate surface area is 188 Å². The maximum atomic E-state index is 12.8. The van der Waals surface area contributed by atoms with Crippen molar-refractivity contribution in [3.8, 4) is 0 Å². The summed E-state index contributed by atoms with van der Waals surface area (Å²) in [5.74, 6) is -0.274. The van der Waals surface area contributed by atoms with E-state index in [1.807, 2.05) is 26.0 Å². The highest BCUT2D eigenvalue weighted by molar-refractivity contribution is 5.99. The van der Waals surface area contributed by atoms with Gasteiger partial charge in [-0.1, -0.05) is 34.1 Å². The van der Waals surface area contributed by atoms with Gasteiger partial charge in [0, 0.05) is 18.0 Å². The molecule has 2 atom stereocenters. The predicted molar refractivity (Wildman–Crippen MR) is 124 cm³/mol. The van der Waals surface area contributed by atoms with Gasteiger partial charge in [-0.3, -0.25) is 4.79 Å². The second kappa shape index (κ2) is 10.5. The molecule has 7 nitrogen and oxygen atoms in total. The lowest BCUT2D eigenvalue weighted by Gasteiger charge is -2.19. The molecule has 2 aromatic heterocycles. The highest BCUT2D eigenvalue weighted by atomic mass is 16.4. The molecule has 0 aliphatic rings. The molecule has 3 aromatic rings. The van der Waals surface area contributed by atoms with Crippen molar-refractivity contribution in [1.82, 2.24) is 14.9 Å². The minimum atomic E-state index is -1.01. The largest absolute Gasteiger partial charge is 0.480 e. The van der Waals surface area contributed by atoms with Gasteiger partial charge in [-0.2, -0.15) is 0 Å². The second-order valence-corrected chi connectivity index (χ2v) is 8.49. The quantitative estimate of drug-likeness (QED) is 0.428. The van der Waals surface area contributed by atoms with Crippen molar-refractivity contribution in [2.75, 3.05) is 0 Å². The van der Waals surface area contributed by atoms with E-state index in [0.29, 0.717) is 24.4 Å². The number of hydrogen-bond acceptors (Lipinski definition) is 4. The van der Waals surface area contributed by atoms with Gasteiger partial charge in [0.1, 0.15) is 11.9 Å². The first-order valence-electron chi connectivity index (χ1n) is 11.4. The number of hydrogen-bond donors (Lipinski definition) is 2. The number of aliphatic carboxylic acids is 1. The van der Waals surface area contributed by atoms with E-state index in [2.05, 4.69) is 23.7 Å². The van der Waals surface area contributed by atoms with Crippen molar-refractivity contribution in [2.45, 2.75) is 71.9 Å². The number of carboxylic acids is 1. The number of carbonyl (C=O) groups excluding carboxylic acids is 1. The lowest BCUT2D eigenvalue weighted by Crippen LogP contribution is -2.41. The number of rotatable bonds is 11. The normalized spacial score (nSPS) is 13.4. The Morgan fingerprint density at radius 1 is 1.16 bits per heavy atom. The molecule has 7 heteroatoms. The van der Waals surface area contributed by atoms with Crippen LogP contribution in [-0.2, 0) is 11.2 Å². The zero-order valence-corrected chi connectivity index (χ0v) is 19.3. The Balaban J connectivity index is 1.93.